The van der Waals surface area contributed by atoms with Gasteiger partial charge in [-0.2, -0.15) is 0 Å². The van der Waals surface area contributed by atoms with Crippen LogP contribution in [0.4, 0.5) is 4.39 Å². The Morgan fingerprint density at radius 2 is 2.00 bits per heavy atom. The molecule has 1 aliphatic carbocycles. The fourth-order valence-corrected chi connectivity index (χ4v) is 3.41. The Bertz CT molecular complexity index is 421. The number of nitrogens with one attached hydrogen (secondary N) is 1. The van der Waals surface area contributed by atoms with Gasteiger partial charge in [-0.25, -0.2) is 4.39 Å². The van der Waals surface area contributed by atoms with Gasteiger partial charge in [0.2, 0.25) is 0 Å². The molecule has 112 valence electrons. The predicted molar refractivity (Wildman–Crippen MR) is 83.7 cm³/mol. The lowest BCUT2D eigenvalue weighted by atomic mass is 9.76. The first kappa shape index (κ1) is 15.8. The third-order valence-electron chi connectivity index (χ3n) is 4.40. The van der Waals surface area contributed by atoms with Crippen LogP contribution in [0.1, 0.15) is 44.6 Å². The lowest BCUT2D eigenvalue weighted by molar-refractivity contribution is 0.227. The quantitative estimate of drug-likeness (QED) is 0.742. The normalized spacial score (nSPS) is 22.9. The average Bonchev–Trinajstić information content (AvgIpc) is 2.44. The summed E-state index contributed by atoms with van der Waals surface area (Å²) >= 11 is 5.82. The van der Waals surface area contributed by atoms with Gasteiger partial charge in [0, 0.05) is 5.02 Å². The number of halogens is 2. The van der Waals surface area contributed by atoms with E-state index in [0.717, 1.165) is 25.1 Å². The molecule has 0 saturated heterocycles. The molecule has 1 saturated carbocycles. The van der Waals surface area contributed by atoms with Crippen LogP contribution in [0.25, 0.3) is 0 Å². The van der Waals surface area contributed by atoms with Crippen molar-refractivity contribution < 1.29 is 4.39 Å². The van der Waals surface area contributed by atoms with Crippen LogP contribution in [0.5, 0.6) is 0 Å². The van der Waals surface area contributed by atoms with Gasteiger partial charge < -0.3 is 5.32 Å². The molecule has 1 aromatic rings. The van der Waals surface area contributed by atoms with E-state index in [4.69, 9.17) is 11.6 Å². The standard InChI is InChI=1S/C17H25ClFN/c1-2-9-20-12-15-6-4-3-5-13(15)10-14-7-8-16(18)11-17(14)19/h7-8,11,13,15,20H,2-6,9-10,12H2,1H3. The summed E-state index contributed by atoms with van der Waals surface area (Å²) in [5.41, 5.74) is 0.821. The lowest BCUT2D eigenvalue weighted by Gasteiger charge is -2.32. The maximum atomic E-state index is 13.9. The van der Waals surface area contributed by atoms with E-state index in [1.807, 2.05) is 6.07 Å². The minimum atomic E-state index is -0.150. The third kappa shape index (κ3) is 4.46. The van der Waals surface area contributed by atoms with Crippen molar-refractivity contribution in [2.45, 2.75) is 45.4 Å². The Morgan fingerprint density at radius 1 is 1.25 bits per heavy atom. The van der Waals surface area contributed by atoms with Crippen LogP contribution in [-0.4, -0.2) is 13.1 Å². The fourth-order valence-electron chi connectivity index (χ4n) is 3.26. The molecule has 3 heteroatoms. The van der Waals surface area contributed by atoms with Gasteiger partial charge in [0.1, 0.15) is 5.82 Å². The van der Waals surface area contributed by atoms with Crippen LogP contribution in [-0.2, 0) is 6.42 Å². The van der Waals surface area contributed by atoms with Gasteiger partial charge in [0.25, 0.3) is 0 Å². The second-order valence-corrected chi connectivity index (χ2v) is 6.39. The molecular formula is C17H25ClFN. The number of benzene rings is 1. The van der Waals surface area contributed by atoms with Gasteiger partial charge in [-0.3, -0.25) is 0 Å². The summed E-state index contributed by atoms with van der Waals surface area (Å²) in [4.78, 5) is 0. The Morgan fingerprint density at radius 3 is 2.70 bits per heavy atom. The summed E-state index contributed by atoms with van der Waals surface area (Å²) in [6, 6.07) is 5.08. The topological polar surface area (TPSA) is 12.0 Å². The lowest BCUT2D eigenvalue weighted by Crippen LogP contribution is -2.32. The Labute approximate surface area is 126 Å². The highest BCUT2D eigenvalue weighted by molar-refractivity contribution is 6.30. The average molecular weight is 298 g/mol. The van der Waals surface area contributed by atoms with Crippen LogP contribution in [0.2, 0.25) is 5.02 Å². The molecule has 0 heterocycles. The number of rotatable bonds is 6. The predicted octanol–water partition coefficient (Wildman–Crippen LogP) is 4.83. The van der Waals surface area contributed by atoms with E-state index in [9.17, 15) is 4.39 Å². The van der Waals surface area contributed by atoms with Crippen molar-refractivity contribution in [1.82, 2.24) is 5.32 Å². The summed E-state index contributed by atoms with van der Waals surface area (Å²) in [6.45, 7) is 4.35. The van der Waals surface area contributed by atoms with E-state index in [1.54, 1.807) is 6.07 Å². The molecule has 1 aromatic carbocycles. The zero-order valence-corrected chi connectivity index (χ0v) is 13.1. The summed E-state index contributed by atoms with van der Waals surface area (Å²) in [5.74, 6) is 1.14. The van der Waals surface area contributed by atoms with Gasteiger partial charge in [-0.05, 0) is 68.3 Å². The van der Waals surface area contributed by atoms with Gasteiger partial charge in [0.05, 0.1) is 0 Å². The molecule has 0 spiro atoms. The van der Waals surface area contributed by atoms with Crippen molar-refractivity contribution in [2.75, 3.05) is 13.1 Å². The highest BCUT2D eigenvalue weighted by Gasteiger charge is 2.25. The van der Waals surface area contributed by atoms with E-state index in [2.05, 4.69) is 12.2 Å². The monoisotopic (exact) mass is 297 g/mol. The summed E-state index contributed by atoms with van der Waals surface area (Å²) in [5, 5.41) is 4.01. The van der Waals surface area contributed by atoms with Crippen LogP contribution < -0.4 is 5.32 Å². The summed E-state index contributed by atoms with van der Waals surface area (Å²) < 4.78 is 13.9. The zero-order valence-electron chi connectivity index (χ0n) is 12.3. The van der Waals surface area contributed by atoms with Crippen LogP contribution >= 0.6 is 11.6 Å². The van der Waals surface area contributed by atoms with Crippen molar-refractivity contribution in [3.8, 4) is 0 Å². The van der Waals surface area contributed by atoms with Crippen molar-refractivity contribution in [2.24, 2.45) is 11.8 Å². The second kappa shape index (κ2) is 7.99. The molecule has 2 rings (SSSR count). The number of hydrogen-bond acceptors (Lipinski definition) is 1. The molecule has 2 atom stereocenters. The molecule has 1 nitrogen and oxygen atoms in total. The minimum Gasteiger partial charge on any atom is -0.316 e. The molecule has 20 heavy (non-hydrogen) atoms. The largest absolute Gasteiger partial charge is 0.316 e. The minimum absolute atomic E-state index is 0.150. The van der Waals surface area contributed by atoms with Crippen molar-refractivity contribution >= 4 is 11.6 Å². The van der Waals surface area contributed by atoms with Gasteiger partial charge >= 0.3 is 0 Å². The Balaban J connectivity index is 1.97. The first-order valence-corrected chi connectivity index (χ1v) is 8.23. The molecule has 0 radical (unpaired) electrons. The van der Waals surface area contributed by atoms with Crippen LogP contribution in [0, 0.1) is 17.7 Å². The highest BCUT2D eigenvalue weighted by atomic mass is 35.5. The molecule has 0 aromatic heterocycles. The molecule has 1 fully saturated rings. The molecule has 1 N–H and O–H groups in total. The van der Waals surface area contributed by atoms with Crippen molar-refractivity contribution in [3.63, 3.8) is 0 Å². The van der Waals surface area contributed by atoms with E-state index >= 15 is 0 Å². The molecule has 0 amide bonds. The van der Waals surface area contributed by atoms with E-state index < -0.39 is 0 Å². The Kier molecular flexibility index (Phi) is 6.31. The van der Waals surface area contributed by atoms with E-state index in [1.165, 1.54) is 38.2 Å². The van der Waals surface area contributed by atoms with E-state index in [-0.39, 0.29) is 5.82 Å². The zero-order chi connectivity index (χ0) is 14.4. The van der Waals surface area contributed by atoms with Crippen LogP contribution in [0.15, 0.2) is 18.2 Å². The van der Waals surface area contributed by atoms with E-state index in [0.29, 0.717) is 16.9 Å². The van der Waals surface area contributed by atoms with Crippen LogP contribution in [0.3, 0.4) is 0 Å². The molecule has 0 bridgehead atoms. The first-order valence-electron chi connectivity index (χ1n) is 7.85. The fraction of sp³-hybridized carbons (Fsp3) is 0.647. The number of hydrogen-bond donors (Lipinski definition) is 1. The summed E-state index contributed by atoms with van der Waals surface area (Å²) in [7, 11) is 0. The first-order chi connectivity index (χ1) is 9.70. The maximum Gasteiger partial charge on any atom is 0.127 e. The Hall–Kier alpha value is -0.600. The smallest absolute Gasteiger partial charge is 0.127 e. The maximum absolute atomic E-state index is 13.9. The molecule has 1 aliphatic rings. The van der Waals surface area contributed by atoms with Gasteiger partial charge in [0.15, 0.2) is 0 Å². The third-order valence-corrected chi connectivity index (χ3v) is 4.63. The molecule has 0 aliphatic heterocycles. The molecule has 2 unspecified atom stereocenters. The van der Waals surface area contributed by atoms with Crippen molar-refractivity contribution in [3.05, 3.63) is 34.6 Å². The summed E-state index contributed by atoms with van der Waals surface area (Å²) in [6.07, 6.45) is 7.12. The van der Waals surface area contributed by atoms with Gasteiger partial charge in [-0.1, -0.05) is 37.4 Å². The second-order valence-electron chi connectivity index (χ2n) is 5.95. The van der Waals surface area contributed by atoms with Gasteiger partial charge in [-0.15, -0.1) is 0 Å². The molecular weight excluding hydrogens is 273 g/mol. The van der Waals surface area contributed by atoms with Crippen molar-refractivity contribution in [1.29, 1.82) is 0 Å². The highest BCUT2D eigenvalue weighted by Crippen LogP contribution is 2.33. The SMILES string of the molecule is CCCNCC1CCCCC1Cc1ccc(Cl)cc1F.